The zero-order chi connectivity index (χ0) is 12.0. The molecule has 0 unspecified atom stereocenters. The number of halogens is 1. The lowest BCUT2D eigenvalue weighted by atomic mass is 10.1. The van der Waals surface area contributed by atoms with Crippen LogP contribution in [0, 0.1) is 5.82 Å². The van der Waals surface area contributed by atoms with E-state index in [1.165, 1.54) is 6.07 Å². The Morgan fingerprint density at radius 3 is 2.81 bits per heavy atom. The largest absolute Gasteiger partial charge is 0.449 e. The lowest BCUT2D eigenvalue weighted by molar-refractivity contribution is 0.152. The number of hydrazone groups is 1. The summed E-state index contributed by atoms with van der Waals surface area (Å²) in [5, 5.41) is 3.73. The average Bonchev–Trinajstić information content (AvgIpc) is 2.27. The van der Waals surface area contributed by atoms with E-state index in [1.54, 1.807) is 32.0 Å². The number of benzene rings is 1. The predicted octanol–water partition coefficient (Wildman–Crippen LogP) is 2.30. The van der Waals surface area contributed by atoms with E-state index in [0.717, 1.165) is 0 Å². The maximum atomic E-state index is 13.3. The quantitative estimate of drug-likeness (QED) is 0.632. The molecule has 4 nitrogen and oxygen atoms in total. The number of hydrogen-bond acceptors (Lipinski definition) is 3. The highest BCUT2D eigenvalue weighted by molar-refractivity contribution is 5.99. The first-order chi connectivity index (χ1) is 7.65. The van der Waals surface area contributed by atoms with E-state index in [-0.39, 0.29) is 12.4 Å². The van der Waals surface area contributed by atoms with Gasteiger partial charge in [-0.15, -0.1) is 0 Å². The molecule has 0 bridgehead atoms. The first-order valence-electron chi connectivity index (χ1n) is 4.87. The van der Waals surface area contributed by atoms with E-state index in [9.17, 15) is 9.18 Å². The molecule has 0 fully saturated rings. The highest BCUT2D eigenvalue weighted by Gasteiger charge is 2.04. The zero-order valence-corrected chi connectivity index (χ0v) is 9.16. The Kier molecular flexibility index (Phi) is 4.44. The second-order valence-corrected chi connectivity index (χ2v) is 3.01. The van der Waals surface area contributed by atoms with Crippen LogP contribution in [0.3, 0.4) is 0 Å². The predicted molar refractivity (Wildman–Crippen MR) is 58.8 cm³/mol. The molecule has 1 N–H and O–H groups in total. The van der Waals surface area contributed by atoms with Crippen LogP contribution in [0.2, 0.25) is 0 Å². The topological polar surface area (TPSA) is 50.7 Å². The number of carbonyl (C=O) groups is 1. The summed E-state index contributed by atoms with van der Waals surface area (Å²) in [5.41, 5.74) is 2.90. The van der Waals surface area contributed by atoms with Crippen molar-refractivity contribution in [1.29, 1.82) is 0 Å². The van der Waals surface area contributed by atoms with Crippen molar-refractivity contribution in [3.63, 3.8) is 0 Å². The third-order valence-electron chi connectivity index (χ3n) is 1.85. The summed E-state index contributed by atoms with van der Waals surface area (Å²) in [4.78, 5) is 10.9. The third-order valence-corrected chi connectivity index (χ3v) is 1.85. The standard InChI is InChI=1S/C11H13FN2O2/c1-3-16-11(15)14-13-8(2)9-6-4-5-7-10(9)12/h4-7H,3H2,1-2H3,(H,14,15)/b13-8+. The molecule has 1 amide bonds. The molecule has 1 aromatic carbocycles. The summed E-state index contributed by atoms with van der Waals surface area (Å²) >= 11 is 0. The molecule has 0 radical (unpaired) electrons. The lowest BCUT2D eigenvalue weighted by Gasteiger charge is -2.03. The molecular formula is C11H13FN2O2. The van der Waals surface area contributed by atoms with Gasteiger partial charge in [0.2, 0.25) is 0 Å². The van der Waals surface area contributed by atoms with Crippen molar-refractivity contribution < 1.29 is 13.9 Å². The van der Waals surface area contributed by atoms with Gasteiger partial charge in [-0.05, 0) is 19.9 Å². The van der Waals surface area contributed by atoms with Crippen LogP contribution in [0.5, 0.6) is 0 Å². The highest BCUT2D eigenvalue weighted by atomic mass is 19.1. The normalized spacial score (nSPS) is 11.1. The molecule has 86 valence electrons. The number of amides is 1. The Bertz CT molecular complexity index is 405. The van der Waals surface area contributed by atoms with E-state index in [2.05, 4.69) is 15.3 Å². The molecular weight excluding hydrogens is 211 g/mol. The summed E-state index contributed by atoms with van der Waals surface area (Å²) in [6, 6.07) is 6.20. The first-order valence-corrected chi connectivity index (χ1v) is 4.87. The molecule has 0 heterocycles. The van der Waals surface area contributed by atoms with Gasteiger partial charge in [0.25, 0.3) is 0 Å². The van der Waals surface area contributed by atoms with Crippen molar-refractivity contribution in [3.05, 3.63) is 35.6 Å². The van der Waals surface area contributed by atoms with Crippen LogP contribution in [-0.4, -0.2) is 18.4 Å². The Balaban J connectivity index is 2.71. The number of nitrogens with one attached hydrogen (secondary N) is 1. The molecule has 0 saturated carbocycles. The molecule has 0 saturated heterocycles. The molecule has 0 aliphatic rings. The second kappa shape index (κ2) is 5.85. The van der Waals surface area contributed by atoms with E-state index >= 15 is 0 Å². The van der Waals surface area contributed by atoms with Crippen LogP contribution < -0.4 is 5.43 Å². The van der Waals surface area contributed by atoms with Gasteiger partial charge in [-0.2, -0.15) is 5.10 Å². The summed E-state index contributed by atoms with van der Waals surface area (Å²) in [7, 11) is 0. The van der Waals surface area contributed by atoms with Gasteiger partial charge in [0.15, 0.2) is 0 Å². The lowest BCUT2D eigenvalue weighted by Crippen LogP contribution is -2.20. The maximum Gasteiger partial charge on any atom is 0.427 e. The van der Waals surface area contributed by atoms with Gasteiger partial charge in [-0.25, -0.2) is 14.6 Å². The SMILES string of the molecule is CCOC(=O)N/N=C(\C)c1ccccc1F. The molecule has 1 rings (SSSR count). The van der Waals surface area contributed by atoms with Gasteiger partial charge in [0.1, 0.15) is 5.82 Å². The fourth-order valence-electron chi connectivity index (χ4n) is 1.11. The average molecular weight is 224 g/mol. The fraction of sp³-hybridized carbons (Fsp3) is 0.273. The summed E-state index contributed by atoms with van der Waals surface area (Å²) in [6.07, 6.45) is -0.654. The Hall–Kier alpha value is -1.91. The van der Waals surface area contributed by atoms with E-state index in [4.69, 9.17) is 0 Å². The second-order valence-electron chi connectivity index (χ2n) is 3.01. The molecule has 0 atom stereocenters. The molecule has 5 heteroatoms. The van der Waals surface area contributed by atoms with Crippen molar-refractivity contribution in [2.24, 2.45) is 5.10 Å². The number of carbonyl (C=O) groups excluding carboxylic acids is 1. The molecule has 0 aromatic heterocycles. The Morgan fingerprint density at radius 1 is 1.50 bits per heavy atom. The first kappa shape index (κ1) is 12.2. The van der Waals surface area contributed by atoms with Gasteiger partial charge in [-0.1, -0.05) is 18.2 Å². The van der Waals surface area contributed by atoms with E-state index in [1.807, 2.05) is 0 Å². The van der Waals surface area contributed by atoms with Crippen molar-refractivity contribution in [2.45, 2.75) is 13.8 Å². The smallest absolute Gasteiger partial charge is 0.427 e. The number of hydrogen-bond donors (Lipinski definition) is 1. The van der Waals surface area contributed by atoms with E-state index in [0.29, 0.717) is 11.3 Å². The van der Waals surface area contributed by atoms with Crippen molar-refractivity contribution >= 4 is 11.8 Å². The summed E-state index contributed by atoms with van der Waals surface area (Å²) in [6.45, 7) is 3.55. The van der Waals surface area contributed by atoms with Crippen LogP contribution in [0.4, 0.5) is 9.18 Å². The van der Waals surface area contributed by atoms with Gasteiger partial charge in [0.05, 0.1) is 12.3 Å². The van der Waals surface area contributed by atoms with Crippen molar-refractivity contribution in [1.82, 2.24) is 5.43 Å². The van der Waals surface area contributed by atoms with Crippen molar-refractivity contribution in [3.8, 4) is 0 Å². The van der Waals surface area contributed by atoms with Gasteiger partial charge >= 0.3 is 6.09 Å². The Morgan fingerprint density at radius 2 is 2.19 bits per heavy atom. The summed E-state index contributed by atoms with van der Waals surface area (Å²) < 4.78 is 17.9. The minimum absolute atomic E-state index is 0.264. The zero-order valence-electron chi connectivity index (χ0n) is 9.16. The monoisotopic (exact) mass is 224 g/mol. The number of ether oxygens (including phenoxy) is 1. The van der Waals surface area contributed by atoms with Gasteiger partial charge in [-0.3, -0.25) is 0 Å². The van der Waals surface area contributed by atoms with Crippen LogP contribution in [-0.2, 0) is 4.74 Å². The van der Waals surface area contributed by atoms with Crippen LogP contribution in [0.15, 0.2) is 29.4 Å². The summed E-state index contributed by atoms with van der Waals surface area (Å²) in [5.74, 6) is -0.380. The number of rotatable bonds is 3. The van der Waals surface area contributed by atoms with Crippen molar-refractivity contribution in [2.75, 3.05) is 6.61 Å². The minimum atomic E-state index is -0.654. The van der Waals surface area contributed by atoms with Crippen LogP contribution in [0.1, 0.15) is 19.4 Å². The fourth-order valence-corrected chi connectivity index (χ4v) is 1.11. The van der Waals surface area contributed by atoms with Gasteiger partial charge in [0, 0.05) is 5.56 Å². The maximum absolute atomic E-state index is 13.3. The molecule has 0 spiro atoms. The highest BCUT2D eigenvalue weighted by Crippen LogP contribution is 2.07. The minimum Gasteiger partial charge on any atom is -0.449 e. The van der Waals surface area contributed by atoms with E-state index < -0.39 is 6.09 Å². The van der Waals surface area contributed by atoms with Gasteiger partial charge < -0.3 is 4.74 Å². The molecule has 16 heavy (non-hydrogen) atoms. The molecule has 0 aliphatic carbocycles. The molecule has 0 aliphatic heterocycles. The number of nitrogens with zero attached hydrogens (tertiary/aromatic N) is 1. The van der Waals surface area contributed by atoms with Crippen LogP contribution >= 0.6 is 0 Å². The third kappa shape index (κ3) is 3.34. The van der Waals surface area contributed by atoms with Crippen LogP contribution in [0.25, 0.3) is 0 Å². The Labute approximate surface area is 93.1 Å². The molecule has 1 aromatic rings.